The zero-order valence-electron chi connectivity index (χ0n) is 21.8. The molecule has 12 nitrogen and oxygen atoms in total. The Kier molecular flexibility index (Phi) is 9.18. The fourth-order valence-corrected chi connectivity index (χ4v) is 3.64. The van der Waals surface area contributed by atoms with Crippen molar-refractivity contribution in [2.24, 2.45) is 5.10 Å². The second kappa shape index (κ2) is 13.3. The van der Waals surface area contributed by atoms with Gasteiger partial charge in [0, 0.05) is 17.2 Å². The molecule has 0 bridgehead atoms. The number of non-ortho nitro benzene ring substituents is 1. The predicted octanol–water partition coefficient (Wildman–Crippen LogP) is 6.04. The van der Waals surface area contributed by atoms with E-state index < -0.39 is 27.1 Å². The van der Waals surface area contributed by atoms with Crippen molar-refractivity contribution < 1.29 is 28.9 Å². The maximum absolute atomic E-state index is 12.8. The molecule has 0 aliphatic rings. The molecule has 4 aromatic carbocycles. The highest BCUT2D eigenvalue weighted by atomic mass is 16.6. The van der Waals surface area contributed by atoms with E-state index in [-0.39, 0.29) is 17.1 Å². The first kappa shape index (κ1) is 28.2. The molecular weight excluding hydrogens is 532 g/mol. The Morgan fingerprint density at radius 3 is 2.29 bits per heavy atom. The van der Waals surface area contributed by atoms with Crippen molar-refractivity contribution in [2.45, 2.75) is 13.5 Å². The van der Waals surface area contributed by atoms with Crippen LogP contribution in [0.4, 0.5) is 11.4 Å². The molecule has 4 aromatic rings. The third-order valence-corrected chi connectivity index (χ3v) is 5.60. The number of nitrogens with one attached hydrogen (secondary N) is 1. The van der Waals surface area contributed by atoms with Gasteiger partial charge in [-0.05, 0) is 48.9 Å². The highest BCUT2D eigenvalue weighted by Crippen LogP contribution is 2.35. The number of hydrogen-bond acceptors (Lipinski definition) is 9. The number of carbonyl (C=O) groups is 1. The molecule has 0 aliphatic heterocycles. The van der Waals surface area contributed by atoms with Crippen molar-refractivity contribution >= 4 is 23.5 Å². The summed E-state index contributed by atoms with van der Waals surface area (Å²) >= 11 is 0. The molecule has 0 saturated heterocycles. The van der Waals surface area contributed by atoms with Gasteiger partial charge in [0.25, 0.3) is 11.6 Å². The average Bonchev–Trinajstić information content (AvgIpc) is 2.98. The molecule has 4 rings (SSSR count). The summed E-state index contributed by atoms with van der Waals surface area (Å²) in [7, 11) is 0. The molecule has 0 atom stereocenters. The van der Waals surface area contributed by atoms with E-state index in [1.807, 2.05) is 37.3 Å². The van der Waals surface area contributed by atoms with Gasteiger partial charge < -0.3 is 14.2 Å². The van der Waals surface area contributed by atoms with E-state index in [1.54, 1.807) is 36.4 Å². The number of ether oxygens (including phenoxy) is 3. The minimum atomic E-state index is -0.770. The normalized spacial score (nSPS) is 10.7. The number of rotatable bonds is 12. The minimum Gasteiger partial charge on any atom is -0.490 e. The van der Waals surface area contributed by atoms with Crippen LogP contribution in [0.1, 0.15) is 28.4 Å². The summed E-state index contributed by atoms with van der Waals surface area (Å²) in [6, 6.07) is 24.0. The van der Waals surface area contributed by atoms with Gasteiger partial charge in [0.1, 0.15) is 12.4 Å². The van der Waals surface area contributed by atoms with Gasteiger partial charge in [-0.25, -0.2) is 5.43 Å². The molecule has 0 spiro atoms. The maximum Gasteiger partial charge on any atom is 0.318 e. The summed E-state index contributed by atoms with van der Waals surface area (Å²) in [6.07, 6.45) is 1.31. The van der Waals surface area contributed by atoms with E-state index in [0.717, 1.165) is 23.8 Å². The van der Waals surface area contributed by atoms with Crippen LogP contribution in [0.15, 0.2) is 96.1 Å². The van der Waals surface area contributed by atoms with Gasteiger partial charge in [-0.15, -0.1) is 0 Å². The minimum absolute atomic E-state index is 0.181. The molecule has 0 saturated carbocycles. The first-order valence-corrected chi connectivity index (χ1v) is 12.3. The Morgan fingerprint density at radius 1 is 0.829 bits per heavy atom. The molecular formula is C29H24N4O8. The SMILES string of the molecule is CCOc1cc(C(=O)N/N=C/c2ccccc2Oc2ccc([N+](=O)[O-])cc2[N+](=O)[O-])ccc1OCc1ccccc1. The Balaban J connectivity index is 1.46. The molecule has 0 aliphatic carbocycles. The van der Waals surface area contributed by atoms with Gasteiger partial charge >= 0.3 is 5.69 Å². The largest absolute Gasteiger partial charge is 0.490 e. The lowest BCUT2D eigenvalue weighted by molar-refractivity contribution is -0.394. The number of carbonyl (C=O) groups excluding carboxylic acids is 1. The van der Waals surface area contributed by atoms with Crippen LogP contribution < -0.4 is 19.6 Å². The van der Waals surface area contributed by atoms with Gasteiger partial charge in [0.05, 0.1) is 28.7 Å². The number of nitrogens with zero attached hydrogens (tertiary/aromatic N) is 3. The average molecular weight is 557 g/mol. The van der Waals surface area contributed by atoms with E-state index in [1.165, 1.54) is 12.3 Å². The lowest BCUT2D eigenvalue weighted by Gasteiger charge is -2.13. The lowest BCUT2D eigenvalue weighted by Crippen LogP contribution is -2.17. The van der Waals surface area contributed by atoms with E-state index in [9.17, 15) is 25.0 Å². The van der Waals surface area contributed by atoms with Crippen LogP contribution in [-0.2, 0) is 6.61 Å². The molecule has 0 radical (unpaired) electrons. The van der Waals surface area contributed by atoms with Crippen molar-refractivity contribution in [3.05, 3.63) is 128 Å². The second-order valence-electron chi connectivity index (χ2n) is 8.37. The summed E-state index contributed by atoms with van der Waals surface area (Å²) < 4.78 is 17.2. The predicted molar refractivity (Wildman–Crippen MR) is 150 cm³/mol. The van der Waals surface area contributed by atoms with Crippen molar-refractivity contribution in [2.75, 3.05) is 6.61 Å². The van der Waals surface area contributed by atoms with Crippen LogP contribution in [0.2, 0.25) is 0 Å². The first-order valence-electron chi connectivity index (χ1n) is 12.3. The number of hydrazone groups is 1. The zero-order chi connectivity index (χ0) is 29.2. The third-order valence-electron chi connectivity index (χ3n) is 5.60. The molecule has 12 heteroatoms. The van der Waals surface area contributed by atoms with Crippen LogP contribution in [0.25, 0.3) is 0 Å². The van der Waals surface area contributed by atoms with Crippen LogP contribution in [0.5, 0.6) is 23.0 Å². The topological polar surface area (TPSA) is 155 Å². The fourth-order valence-electron chi connectivity index (χ4n) is 3.64. The number of nitro groups is 2. The number of nitro benzene ring substituents is 2. The molecule has 1 N–H and O–H groups in total. The van der Waals surface area contributed by atoms with Crippen LogP contribution in [-0.4, -0.2) is 28.6 Å². The quantitative estimate of drug-likeness (QED) is 0.126. The van der Waals surface area contributed by atoms with Gasteiger partial charge in [-0.2, -0.15) is 5.10 Å². The highest BCUT2D eigenvalue weighted by molar-refractivity contribution is 5.95. The standard InChI is InChI=1S/C29H24N4O8/c1-2-39-28-16-21(12-14-27(28)40-19-20-8-4-3-5-9-20)29(34)31-30-18-22-10-6-7-11-25(22)41-26-15-13-23(32(35)36)17-24(26)33(37)38/h3-18H,2,19H2,1H3,(H,31,34)/b30-18+. The van der Waals surface area contributed by atoms with Crippen LogP contribution in [0.3, 0.4) is 0 Å². The van der Waals surface area contributed by atoms with E-state index in [4.69, 9.17) is 14.2 Å². The van der Waals surface area contributed by atoms with Crippen LogP contribution in [0, 0.1) is 20.2 Å². The second-order valence-corrected chi connectivity index (χ2v) is 8.37. The number of amides is 1. The number of benzene rings is 4. The highest BCUT2D eigenvalue weighted by Gasteiger charge is 2.22. The monoisotopic (exact) mass is 556 g/mol. The van der Waals surface area contributed by atoms with Crippen molar-refractivity contribution in [3.63, 3.8) is 0 Å². The Labute approximate surface area is 234 Å². The summed E-state index contributed by atoms with van der Waals surface area (Å²) in [5.41, 5.74) is 3.08. The Bertz CT molecular complexity index is 1590. The molecule has 0 unspecified atom stereocenters. The molecule has 0 aromatic heterocycles. The van der Waals surface area contributed by atoms with Crippen LogP contribution >= 0.6 is 0 Å². The maximum atomic E-state index is 12.8. The summed E-state index contributed by atoms with van der Waals surface area (Å²) in [6.45, 7) is 2.53. The Morgan fingerprint density at radius 2 is 1.56 bits per heavy atom. The van der Waals surface area contributed by atoms with Crippen molar-refractivity contribution in [3.8, 4) is 23.0 Å². The van der Waals surface area contributed by atoms with E-state index in [0.29, 0.717) is 30.3 Å². The van der Waals surface area contributed by atoms with Gasteiger partial charge in [0.15, 0.2) is 11.5 Å². The van der Waals surface area contributed by atoms with E-state index >= 15 is 0 Å². The van der Waals surface area contributed by atoms with Gasteiger partial charge in [0.2, 0.25) is 5.75 Å². The van der Waals surface area contributed by atoms with Gasteiger partial charge in [-0.3, -0.25) is 25.0 Å². The molecule has 0 heterocycles. The van der Waals surface area contributed by atoms with Crippen molar-refractivity contribution in [1.29, 1.82) is 0 Å². The fraction of sp³-hybridized carbons (Fsp3) is 0.103. The third kappa shape index (κ3) is 7.41. The number of hydrogen-bond donors (Lipinski definition) is 1. The van der Waals surface area contributed by atoms with Crippen molar-refractivity contribution in [1.82, 2.24) is 5.43 Å². The first-order chi connectivity index (χ1) is 19.9. The Hall–Kier alpha value is -5.78. The number of para-hydroxylation sites is 1. The smallest absolute Gasteiger partial charge is 0.318 e. The summed E-state index contributed by atoms with van der Waals surface area (Å²) in [5.74, 6) is 0.372. The van der Waals surface area contributed by atoms with E-state index in [2.05, 4.69) is 10.5 Å². The van der Waals surface area contributed by atoms with Gasteiger partial charge in [-0.1, -0.05) is 42.5 Å². The molecule has 208 valence electrons. The molecule has 0 fully saturated rings. The summed E-state index contributed by atoms with van der Waals surface area (Å²) in [4.78, 5) is 33.7. The summed E-state index contributed by atoms with van der Waals surface area (Å²) in [5, 5.41) is 26.4. The zero-order valence-corrected chi connectivity index (χ0v) is 21.8. The lowest BCUT2D eigenvalue weighted by atomic mass is 10.2. The molecule has 1 amide bonds. The molecule has 41 heavy (non-hydrogen) atoms.